The van der Waals surface area contributed by atoms with E-state index in [0.717, 1.165) is 24.2 Å². The Morgan fingerprint density at radius 1 is 1.42 bits per heavy atom. The molecule has 2 N–H and O–H groups in total. The molecule has 1 fully saturated rings. The third kappa shape index (κ3) is 2.69. The molecule has 2 heterocycles. The zero-order valence-electron chi connectivity index (χ0n) is 11.2. The highest BCUT2D eigenvalue weighted by Gasteiger charge is 2.19. The largest absolute Gasteiger partial charge is 0.383 e. The third-order valence-electron chi connectivity index (χ3n) is 3.72. The normalized spacial score (nSPS) is 20.8. The van der Waals surface area contributed by atoms with Crippen LogP contribution >= 0.6 is 11.8 Å². The third-order valence-corrected chi connectivity index (χ3v) is 4.90. The lowest BCUT2D eigenvalue weighted by Crippen LogP contribution is -2.39. The number of pyridine rings is 1. The summed E-state index contributed by atoms with van der Waals surface area (Å²) in [6.07, 6.45) is 0. The molecule has 0 radical (unpaired) electrons. The van der Waals surface area contributed by atoms with Gasteiger partial charge in [0.1, 0.15) is 5.82 Å². The minimum Gasteiger partial charge on any atom is -0.383 e. The number of rotatable bonds is 2. The summed E-state index contributed by atoms with van der Waals surface area (Å²) in [4.78, 5) is 7.01. The lowest BCUT2D eigenvalue weighted by Gasteiger charge is -2.33. The Kier molecular flexibility index (Phi) is 3.62. The number of benzene rings is 1. The van der Waals surface area contributed by atoms with Gasteiger partial charge in [0, 0.05) is 41.6 Å². The number of hydrogen-bond acceptors (Lipinski definition) is 4. The van der Waals surface area contributed by atoms with Crippen LogP contribution in [-0.2, 0) is 6.54 Å². The van der Waals surface area contributed by atoms with Gasteiger partial charge < -0.3 is 5.73 Å². The molecule has 0 spiro atoms. The summed E-state index contributed by atoms with van der Waals surface area (Å²) in [7, 11) is 0. The standard InChI is InChI=1S/C15H19N3S/c1-11-10-19-7-6-18(11)9-13-8-12-4-2-3-5-14(12)17-15(13)16/h2-5,8,11H,6-7,9-10H2,1H3,(H2,16,17). The second-order valence-corrected chi connectivity index (χ2v) is 6.27. The number of nitrogens with zero attached hydrogens (tertiary/aromatic N) is 2. The average molecular weight is 273 g/mol. The molecule has 1 unspecified atom stereocenters. The summed E-state index contributed by atoms with van der Waals surface area (Å²) in [6.45, 7) is 4.33. The fourth-order valence-corrected chi connectivity index (χ4v) is 3.60. The first-order valence-corrected chi connectivity index (χ1v) is 7.85. The lowest BCUT2D eigenvalue weighted by molar-refractivity contribution is 0.224. The maximum atomic E-state index is 6.11. The molecule has 0 aliphatic carbocycles. The molecule has 0 amide bonds. The van der Waals surface area contributed by atoms with E-state index in [0.29, 0.717) is 11.9 Å². The van der Waals surface area contributed by atoms with Gasteiger partial charge in [0.2, 0.25) is 0 Å². The zero-order valence-corrected chi connectivity index (χ0v) is 12.0. The van der Waals surface area contributed by atoms with E-state index < -0.39 is 0 Å². The van der Waals surface area contributed by atoms with E-state index in [2.05, 4.69) is 28.9 Å². The van der Waals surface area contributed by atoms with Gasteiger partial charge in [0.15, 0.2) is 0 Å². The van der Waals surface area contributed by atoms with Crippen molar-refractivity contribution in [2.75, 3.05) is 23.8 Å². The number of thioether (sulfide) groups is 1. The van der Waals surface area contributed by atoms with Crippen molar-refractivity contribution in [2.45, 2.75) is 19.5 Å². The van der Waals surface area contributed by atoms with E-state index in [-0.39, 0.29) is 0 Å². The van der Waals surface area contributed by atoms with E-state index in [1.165, 1.54) is 16.9 Å². The first-order valence-electron chi connectivity index (χ1n) is 6.70. The minimum atomic E-state index is 0.615. The van der Waals surface area contributed by atoms with Crippen LogP contribution in [0.15, 0.2) is 30.3 Å². The molecule has 1 saturated heterocycles. The van der Waals surface area contributed by atoms with Gasteiger partial charge in [-0.25, -0.2) is 4.98 Å². The Hall–Kier alpha value is -1.26. The molecule has 0 saturated carbocycles. The van der Waals surface area contributed by atoms with Crippen molar-refractivity contribution in [1.82, 2.24) is 9.88 Å². The predicted octanol–water partition coefficient (Wildman–Crippen LogP) is 2.75. The molecule has 3 rings (SSSR count). The molecule has 3 nitrogen and oxygen atoms in total. The monoisotopic (exact) mass is 273 g/mol. The van der Waals surface area contributed by atoms with Gasteiger partial charge in [0.25, 0.3) is 0 Å². The highest BCUT2D eigenvalue weighted by molar-refractivity contribution is 7.99. The summed E-state index contributed by atoms with van der Waals surface area (Å²) in [5, 5.41) is 1.17. The topological polar surface area (TPSA) is 42.2 Å². The van der Waals surface area contributed by atoms with Crippen molar-refractivity contribution in [1.29, 1.82) is 0 Å². The molecular formula is C15H19N3S. The highest BCUT2D eigenvalue weighted by atomic mass is 32.2. The van der Waals surface area contributed by atoms with E-state index in [4.69, 9.17) is 5.73 Å². The van der Waals surface area contributed by atoms with E-state index in [1.807, 2.05) is 30.0 Å². The van der Waals surface area contributed by atoms with Crippen LogP contribution in [0.5, 0.6) is 0 Å². The van der Waals surface area contributed by atoms with Crippen LogP contribution in [0.3, 0.4) is 0 Å². The molecule has 1 aliphatic rings. The zero-order chi connectivity index (χ0) is 13.2. The van der Waals surface area contributed by atoms with Gasteiger partial charge in [-0.05, 0) is 19.1 Å². The Labute approximate surface area is 118 Å². The number of hydrogen-bond donors (Lipinski definition) is 1. The Balaban J connectivity index is 1.89. The minimum absolute atomic E-state index is 0.615. The quantitative estimate of drug-likeness (QED) is 0.913. The van der Waals surface area contributed by atoms with Crippen LogP contribution in [0.1, 0.15) is 12.5 Å². The molecule has 1 aliphatic heterocycles. The second-order valence-electron chi connectivity index (χ2n) is 5.12. The van der Waals surface area contributed by atoms with Crippen LogP contribution in [0.2, 0.25) is 0 Å². The number of aromatic nitrogens is 1. The van der Waals surface area contributed by atoms with Gasteiger partial charge in [-0.3, -0.25) is 4.90 Å². The fraction of sp³-hybridized carbons (Fsp3) is 0.400. The van der Waals surface area contributed by atoms with Gasteiger partial charge in [0.05, 0.1) is 5.52 Å². The molecule has 0 bridgehead atoms. The van der Waals surface area contributed by atoms with Crippen molar-refractivity contribution in [3.63, 3.8) is 0 Å². The number of para-hydroxylation sites is 1. The van der Waals surface area contributed by atoms with Crippen molar-refractivity contribution in [3.8, 4) is 0 Å². The SMILES string of the molecule is CC1CSCCN1Cc1cc2ccccc2nc1N. The fourth-order valence-electron chi connectivity index (χ4n) is 2.52. The van der Waals surface area contributed by atoms with Crippen molar-refractivity contribution in [3.05, 3.63) is 35.9 Å². The average Bonchev–Trinajstić information content (AvgIpc) is 2.42. The maximum Gasteiger partial charge on any atom is 0.128 e. The second kappa shape index (κ2) is 5.39. The summed E-state index contributed by atoms with van der Waals surface area (Å²) in [5.74, 6) is 3.09. The highest BCUT2D eigenvalue weighted by Crippen LogP contribution is 2.23. The van der Waals surface area contributed by atoms with Crippen molar-refractivity contribution >= 4 is 28.5 Å². The van der Waals surface area contributed by atoms with Crippen molar-refractivity contribution < 1.29 is 0 Å². The van der Waals surface area contributed by atoms with E-state index in [1.54, 1.807) is 0 Å². The van der Waals surface area contributed by atoms with Crippen LogP contribution in [0.4, 0.5) is 5.82 Å². The van der Waals surface area contributed by atoms with Gasteiger partial charge >= 0.3 is 0 Å². The number of anilines is 1. The number of nitrogens with two attached hydrogens (primary N) is 1. The smallest absolute Gasteiger partial charge is 0.128 e. The van der Waals surface area contributed by atoms with Gasteiger partial charge in [-0.15, -0.1) is 0 Å². The van der Waals surface area contributed by atoms with Crippen LogP contribution in [0.25, 0.3) is 10.9 Å². The molecule has 19 heavy (non-hydrogen) atoms. The lowest BCUT2D eigenvalue weighted by atomic mass is 10.1. The van der Waals surface area contributed by atoms with Gasteiger partial charge in [-0.2, -0.15) is 11.8 Å². The van der Waals surface area contributed by atoms with E-state index >= 15 is 0 Å². The van der Waals surface area contributed by atoms with E-state index in [9.17, 15) is 0 Å². The molecule has 2 aromatic rings. The first kappa shape index (κ1) is 12.8. The maximum absolute atomic E-state index is 6.11. The summed E-state index contributed by atoms with van der Waals surface area (Å²) in [6, 6.07) is 11.0. The number of fused-ring (bicyclic) bond motifs is 1. The summed E-state index contributed by atoms with van der Waals surface area (Å²) in [5.41, 5.74) is 8.23. The molecular weight excluding hydrogens is 254 g/mol. The predicted molar refractivity (Wildman–Crippen MR) is 83.4 cm³/mol. The molecule has 1 aromatic carbocycles. The Morgan fingerprint density at radius 3 is 3.11 bits per heavy atom. The van der Waals surface area contributed by atoms with Crippen LogP contribution < -0.4 is 5.73 Å². The van der Waals surface area contributed by atoms with Crippen LogP contribution in [0, 0.1) is 0 Å². The Bertz CT molecular complexity index is 585. The first-order chi connectivity index (χ1) is 9.24. The number of nitrogen functional groups attached to an aromatic ring is 1. The van der Waals surface area contributed by atoms with Crippen LogP contribution in [-0.4, -0.2) is 34.0 Å². The summed E-state index contributed by atoms with van der Waals surface area (Å²) >= 11 is 2.04. The van der Waals surface area contributed by atoms with Crippen molar-refractivity contribution in [2.24, 2.45) is 0 Å². The molecule has 4 heteroatoms. The Morgan fingerprint density at radius 2 is 2.26 bits per heavy atom. The molecule has 1 atom stereocenters. The van der Waals surface area contributed by atoms with Gasteiger partial charge in [-0.1, -0.05) is 18.2 Å². The summed E-state index contributed by atoms with van der Waals surface area (Å²) < 4.78 is 0. The molecule has 100 valence electrons. The molecule has 1 aromatic heterocycles.